The lowest BCUT2D eigenvalue weighted by atomic mass is 10.0. The van der Waals surface area contributed by atoms with Crippen LogP contribution < -0.4 is 4.74 Å². The molecule has 0 aromatic heterocycles. The van der Waals surface area contributed by atoms with Crippen molar-refractivity contribution in [3.05, 3.63) is 28.2 Å². The van der Waals surface area contributed by atoms with Crippen LogP contribution in [0.15, 0.2) is 22.7 Å². The lowest BCUT2D eigenvalue weighted by molar-refractivity contribution is 0.0446. The van der Waals surface area contributed by atoms with E-state index in [-0.39, 0.29) is 6.61 Å². The van der Waals surface area contributed by atoms with E-state index in [4.69, 9.17) is 9.84 Å². The fourth-order valence-corrected chi connectivity index (χ4v) is 1.99. The van der Waals surface area contributed by atoms with Gasteiger partial charge in [-0.25, -0.2) is 0 Å². The molecule has 0 aliphatic carbocycles. The molecule has 1 aromatic carbocycles. The minimum absolute atomic E-state index is 0.0549. The lowest BCUT2D eigenvalue weighted by Gasteiger charge is -2.20. The van der Waals surface area contributed by atoms with Crippen molar-refractivity contribution in [3.63, 3.8) is 0 Å². The number of hydrogen-bond donors (Lipinski definition) is 1. The van der Waals surface area contributed by atoms with E-state index in [1.54, 1.807) is 0 Å². The van der Waals surface area contributed by atoms with Crippen LogP contribution in [0, 0.1) is 0 Å². The molecule has 2 nitrogen and oxygen atoms in total. The van der Waals surface area contributed by atoms with E-state index in [2.05, 4.69) is 15.9 Å². The maximum atomic E-state index is 9.13. The van der Waals surface area contributed by atoms with E-state index < -0.39 is 5.60 Å². The van der Waals surface area contributed by atoms with E-state index in [0.29, 0.717) is 0 Å². The zero-order chi connectivity index (χ0) is 9.47. The van der Waals surface area contributed by atoms with Crippen molar-refractivity contribution in [1.29, 1.82) is 0 Å². The molecule has 0 radical (unpaired) electrons. The van der Waals surface area contributed by atoms with Gasteiger partial charge in [0, 0.05) is 10.9 Å². The first kappa shape index (κ1) is 9.03. The summed E-state index contributed by atoms with van der Waals surface area (Å²) in [5.74, 6) is 0.889. The normalized spacial score (nSPS) is 25.5. The van der Waals surface area contributed by atoms with Gasteiger partial charge in [0.05, 0.1) is 6.61 Å². The molecule has 1 unspecified atom stereocenters. The van der Waals surface area contributed by atoms with Crippen LogP contribution in [0.5, 0.6) is 5.75 Å². The number of fused-ring (bicyclic) bond motifs is 1. The van der Waals surface area contributed by atoms with Gasteiger partial charge >= 0.3 is 0 Å². The second-order valence-corrected chi connectivity index (χ2v) is 4.55. The largest absolute Gasteiger partial charge is 0.485 e. The Morgan fingerprint density at radius 3 is 3.08 bits per heavy atom. The van der Waals surface area contributed by atoms with E-state index in [9.17, 15) is 0 Å². The molecule has 0 fully saturated rings. The maximum Gasteiger partial charge on any atom is 0.133 e. The summed E-state index contributed by atoms with van der Waals surface area (Å²) in [7, 11) is 0. The van der Waals surface area contributed by atoms with Crippen molar-refractivity contribution in [1.82, 2.24) is 0 Å². The highest BCUT2D eigenvalue weighted by atomic mass is 79.9. The van der Waals surface area contributed by atoms with Crippen LogP contribution in [-0.4, -0.2) is 17.3 Å². The van der Waals surface area contributed by atoms with E-state index in [1.807, 2.05) is 25.1 Å². The average molecular weight is 243 g/mol. The van der Waals surface area contributed by atoms with Gasteiger partial charge in [-0.3, -0.25) is 0 Å². The van der Waals surface area contributed by atoms with Crippen molar-refractivity contribution in [2.24, 2.45) is 0 Å². The molecule has 3 heteroatoms. The smallest absolute Gasteiger partial charge is 0.133 e. The minimum atomic E-state index is -0.427. The third-order valence-electron chi connectivity index (χ3n) is 2.28. The van der Waals surface area contributed by atoms with Crippen LogP contribution in [0.3, 0.4) is 0 Å². The zero-order valence-corrected chi connectivity index (χ0v) is 8.97. The molecule has 1 aliphatic heterocycles. The summed E-state index contributed by atoms with van der Waals surface area (Å²) < 4.78 is 6.68. The minimum Gasteiger partial charge on any atom is -0.485 e. The number of halogens is 1. The Kier molecular flexibility index (Phi) is 2.08. The average Bonchev–Trinajstić information content (AvgIpc) is 2.42. The lowest BCUT2D eigenvalue weighted by Crippen LogP contribution is -2.34. The van der Waals surface area contributed by atoms with Gasteiger partial charge in [-0.1, -0.05) is 15.9 Å². The molecule has 1 aliphatic rings. The highest BCUT2D eigenvalue weighted by molar-refractivity contribution is 9.10. The number of hydrogen-bond acceptors (Lipinski definition) is 2. The van der Waals surface area contributed by atoms with Gasteiger partial charge < -0.3 is 9.84 Å². The molecular weight excluding hydrogens is 232 g/mol. The summed E-state index contributed by atoms with van der Waals surface area (Å²) in [6.45, 7) is 1.97. The third-order valence-corrected chi connectivity index (χ3v) is 2.77. The van der Waals surface area contributed by atoms with Gasteiger partial charge in [0.2, 0.25) is 0 Å². The standard InChI is InChI=1S/C10H11BrO2/c1-10(6-12)5-7-4-8(11)2-3-9(7)13-10/h2-4,12H,5-6H2,1H3. The molecule has 1 aromatic rings. The summed E-state index contributed by atoms with van der Waals surface area (Å²) in [4.78, 5) is 0. The van der Waals surface area contributed by atoms with Gasteiger partial charge in [-0.05, 0) is 30.7 Å². The Morgan fingerprint density at radius 1 is 1.62 bits per heavy atom. The van der Waals surface area contributed by atoms with Gasteiger partial charge in [0.25, 0.3) is 0 Å². The summed E-state index contributed by atoms with van der Waals surface area (Å²) >= 11 is 3.41. The third kappa shape index (κ3) is 1.58. The first-order valence-electron chi connectivity index (χ1n) is 4.21. The van der Waals surface area contributed by atoms with Crippen molar-refractivity contribution < 1.29 is 9.84 Å². The Labute approximate surface area is 85.7 Å². The fourth-order valence-electron chi connectivity index (χ4n) is 1.58. The molecule has 0 amide bonds. The molecule has 0 spiro atoms. The maximum absolute atomic E-state index is 9.13. The van der Waals surface area contributed by atoms with Crippen molar-refractivity contribution in [2.45, 2.75) is 18.9 Å². The van der Waals surface area contributed by atoms with Crippen molar-refractivity contribution >= 4 is 15.9 Å². The second-order valence-electron chi connectivity index (χ2n) is 3.64. The molecule has 1 heterocycles. The predicted molar refractivity (Wildman–Crippen MR) is 54.0 cm³/mol. The predicted octanol–water partition coefficient (Wildman–Crippen LogP) is 2.13. The SMILES string of the molecule is CC1(CO)Cc2cc(Br)ccc2O1. The number of ether oxygens (including phenoxy) is 1. The Hall–Kier alpha value is -0.540. The molecule has 0 bridgehead atoms. The van der Waals surface area contributed by atoms with Crippen LogP contribution in [0.25, 0.3) is 0 Å². The van der Waals surface area contributed by atoms with Gasteiger partial charge in [-0.2, -0.15) is 0 Å². The first-order valence-corrected chi connectivity index (χ1v) is 5.01. The Balaban J connectivity index is 2.35. The molecule has 0 saturated heterocycles. The van der Waals surface area contributed by atoms with Crippen molar-refractivity contribution in [3.8, 4) is 5.75 Å². The van der Waals surface area contributed by atoms with Gasteiger partial charge in [-0.15, -0.1) is 0 Å². The molecule has 0 saturated carbocycles. The Morgan fingerprint density at radius 2 is 2.38 bits per heavy atom. The monoisotopic (exact) mass is 242 g/mol. The number of aliphatic hydroxyl groups excluding tert-OH is 1. The Bertz CT molecular complexity index is 338. The highest BCUT2D eigenvalue weighted by Crippen LogP contribution is 2.36. The summed E-state index contributed by atoms with van der Waals surface area (Å²) in [6.07, 6.45) is 0.776. The fraction of sp³-hybridized carbons (Fsp3) is 0.400. The van der Waals surface area contributed by atoms with Crippen LogP contribution in [-0.2, 0) is 6.42 Å². The van der Waals surface area contributed by atoms with Crippen LogP contribution in [0.2, 0.25) is 0 Å². The summed E-state index contributed by atoms with van der Waals surface area (Å²) in [5.41, 5.74) is 0.731. The van der Waals surface area contributed by atoms with E-state index in [0.717, 1.165) is 22.2 Å². The van der Waals surface area contributed by atoms with Gasteiger partial charge in [0.15, 0.2) is 0 Å². The molecule has 70 valence electrons. The second kappa shape index (κ2) is 3.00. The van der Waals surface area contributed by atoms with Crippen LogP contribution in [0.1, 0.15) is 12.5 Å². The van der Waals surface area contributed by atoms with Crippen LogP contribution >= 0.6 is 15.9 Å². The van der Waals surface area contributed by atoms with Crippen LogP contribution in [0.4, 0.5) is 0 Å². The first-order chi connectivity index (χ1) is 6.13. The molecule has 1 atom stereocenters. The van der Waals surface area contributed by atoms with E-state index >= 15 is 0 Å². The molecule has 2 rings (SSSR count). The summed E-state index contributed by atoms with van der Waals surface area (Å²) in [6, 6.07) is 5.92. The molecular formula is C10H11BrO2. The zero-order valence-electron chi connectivity index (χ0n) is 7.38. The van der Waals surface area contributed by atoms with Gasteiger partial charge in [0.1, 0.15) is 11.4 Å². The number of rotatable bonds is 1. The number of aliphatic hydroxyl groups is 1. The molecule has 1 N–H and O–H groups in total. The quantitative estimate of drug-likeness (QED) is 0.818. The number of benzene rings is 1. The summed E-state index contributed by atoms with van der Waals surface area (Å²) in [5, 5.41) is 9.13. The topological polar surface area (TPSA) is 29.5 Å². The molecule has 13 heavy (non-hydrogen) atoms. The van der Waals surface area contributed by atoms with E-state index in [1.165, 1.54) is 0 Å². The van der Waals surface area contributed by atoms with Crippen molar-refractivity contribution in [2.75, 3.05) is 6.61 Å². The highest BCUT2D eigenvalue weighted by Gasteiger charge is 2.33.